The fourth-order valence-corrected chi connectivity index (χ4v) is 1.76. The molecule has 19 heavy (non-hydrogen) atoms. The number of carbonyl (C=O) groups is 1. The number of amides is 1. The van der Waals surface area contributed by atoms with Gasteiger partial charge in [-0.15, -0.1) is 0 Å². The number of nitrogens with one attached hydrogen (secondary N) is 1. The second-order valence-electron chi connectivity index (χ2n) is 4.19. The maximum Gasteiger partial charge on any atom is 0.256 e. The molecular formula is C15H13N3O. The second kappa shape index (κ2) is 5.23. The fourth-order valence-electron chi connectivity index (χ4n) is 1.76. The number of para-hydroxylation sites is 1. The third-order valence-electron chi connectivity index (χ3n) is 2.80. The molecule has 4 nitrogen and oxygen atoms in total. The van der Waals surface area contributed by atoms with Gasteiger partial charge < -0.3 is 11.1 Å². The topological polar surface area (TPSA) is 78.9 Å². The van der Waals surface area contributed by atoms with Crippen LogP contribution in [0.15, 0.2) is 42.5 Å². The number of nitrogen functional groups attached to an aromatic ring is 1. The first kappa shape index (κ1) is 12.7. The Bertz CT molecular complexity index is 671. The van der Waals surface area contributed by atoms with Crippen molar-refractivity contribution in [1.29, 1.82) is 5.26 Å². The summed E-state index contributed by atoms with van der Waals surface area (Å²) in [6.07, 6.45) is 0. The van der Waals surface area contributed by atoms with Crippen molar-refractivity contribution in [2.24, 2.45) is 0 Å². The molecule has 2 aromatic carbocycles. The molecule has 0 aliphatic heterocycles. The van der Waals surface area contributed by atoms with Gasteiger partial charge in [0.15, 0.2) is 0 Å². The summed E-state index contributed by atoms with van der Waals surface area (Å²) < 4.78 is 0. The highest BCUT2D eigenvalue weighted by Crippen LogP contribution is 2.18. The molecule has 0 bridgehead atoms. The smallest absolute Gasteiger partial charge is 0.256 e. The maximum atomic E-state index is 12.2. The van der Waals surface area contributed by atoms with Crippen molar-refractivity contribution in [2.45, 2.75) is 6.92 Å². The Kier molecular flexibility index (Phi) is 3.48. The molecule has 4 heteroatoms. The monoisotopic (exact) mass is 251 g/mol. The summed E-state index contributed by atoms with van der Waals surface area (Å²) in [7, 11) is 0. The Morgan fingerprint density at radius 2 is 2.00 bits per heavy atom. The predicted molar refractivity (Wildman–Crippen MR) is 74.7 cm³/mol. The van der Waals surface area contributed by atoms with Crippen LogP contribution < -0.4 is 11.1 Å². The van der Waals surface area contributed by atoms with Crippen molar-refractivity contribution in [3.63, 3.8) is 0 Å². The number of nitrogens with two attached hydrogens (primary N) is 1. The summed E-state index contributed by atoms with van der Waals surface area (Å²) in [6, 6.07) is 14.1. The zero-order chi connectivity index (χ0) is 13.8. The molecule has 0 unspecified atom stereocenters. The van der Waals surface area contributed by atoms with E-state index in [9.17, 15) is 4.79 Å². The minimum atomic E-state index is -0.271. The molecule has 94 valence electrons. The van der Waals surface area contributed by atoms with Crippen LogP contribution in [0.4, 0.5) is 11.4 Å². The van der Waals surface area contributed by atoms with Crippen molar-refractivity contribution in [2.75, 3.05) is 11.1 Å². The zero-order valence-corrected chi connectivity index (χ0v) is 10.5. The molecule has 0 saturated carbocycles. The van der Waals surface area contributed by atoms with E-state index >= 15 is 0 Å². The van der Waals surface area contributed by atoms with Gasteiger partial charge in [-0.05, 0) is 36.8 Å². The number of nitrogens with zero attached hydrogens (tertiary/aromatic N) is 1. The van der Waals surface area contributed by atoms with E-state index in [1.165, 1.54) is 0 Å². The normalized spacial score (nSPS) is 9.68. The van der Waals surface area contributed by atoms with Gasteiger partial charge in [0.1, 0.15) is 6.07 Å². The van der Waals surface area contributed by atoms with Crippen LogP contribution in [0.25, 0.3) is 0 Å². The molecule has 0 aliphatic carbocycles. The van der Waals surface area contributed by atoms with Crippen LogP contribution in [0.3, 0.4) is 0 Å². The van der Waals surface area contributed by atoms with E-state index in [0.717, 1.165) is 5.56 Å². The zero-order valence-electron chi connectivity index (χ0n) is 10.5. The summed E-state index contributed by atoms with van der Waals surface area (Å²) in [5.41, 5.74) is 8.48. The molecule has 0 atom stereocenters. The summed E-state index contributed by atoms with van der Waals surface area (Å²) in [4.78, 5) is 12.2. The van der Waals surface area contributed by atoms with Crippen molar-refractivity contribution in [3.05, 3.63) is 59.2 Å². The van der Waals surface area contributed by atoms with Gasteiger partial charge in [-0.3, -0.25) is 4.79 Å². The van der Waals surface area contributed by atoms with Gasteiger partial charge in [-0.25, -0.2) is 0 Å². The van der Waals surface area contributed by atoms with Crippen LogP contribution in [0, 0.1) is 18.3 Å². The molecule has 0 spiro atoms. The number of nitriles is 1. The minimum Gasteiger partial charge on any atom is -0.399 e. The van der Waals surface area contributed by atoms with Gasteiger partial charge >= 0.3 is 0 Å². The molecule has 0 aromatic heterocycles. The van der Waals surface area contributed by atoms with Crippen molar-refractivity contribution in [1.82, 2.24) is 0 Å². The molecule has 3 N–H and O–H groups in total. The number of benzene rings is 2. The van der Waals surface area contributed by atoms with E-state index in [4.69, 9.17) is 11.0 Å². The number of aryl methyl sites for hydroxylation is 1. The van der Waals surface area contributed by atoms with Crippen LogP contribution in [0.5, 0.6) is 0 Å². The molecule has 0 saturated heterocycles. The lowest BCUT2D eigenvalue weighted by molar-refractivity contribution is 0.102. The largest absolute Gasteiger partial charge is 0.399 e. The molecule has 0 heterocycles. The lowest BCUT2D eigenvalue weighted by Crippen LogP contribution is -2.14. The van der Waals surface area contributed by atoms with E-state index < -0.39 is 0 Å². The summed E-state index contributed by atoms with van der Waals surface area (Å²) in [6.45, 7) is 1.84. The molecule has 2 aromatic rings. The number of rotatable bonds is 2. The fraction of sp³-hybridized carbons (Fsp3) is 0.0667. The average molecular weight is 251 g/mol. The Morgan fingerprint density at radius 1 is 1.26 bits per heavy atom. The Labute approximate surface area is 111 Å². The molecule has 0 aliphatic rings. The summed E-state index contributed by atoms with van der Waals surface area (Å²) >= 11 is 0. The predicted octanol–water partition coefficient (Wildman–Crippen LogP) is 2.70. The van der Waals surface area contributed by atoms with Crippen LogP contribution in [-0.2, 0) is 0 Å². The van der Waals surface area contributed by atoms with Crippen LogP contribution in [0.2, 0.25) is 0 Å². The first-order chi connectivity index (χ1) is 9.11. The Balaban J connectivity index is 2.31. The third kappa shape index (κ3) is 2.72. The highest BCUT2D eigenvalue weighted by molar-refractivity contribution is 6.06. The van der Waals surface area contributed by atoms with Crippen LogP contribution >= 0.6 is 0 Å². The van der Waals surface area contributed by atoms with Gasteiger partial charge in [-0.1, -0.05) is 18.2 Å². The van der Waals surface area contributed by atoms with Gasteiger partial charge in [0, 0.05) is 11.3 Å². The molecule has 1 amide bonds. The number of carbonyl (C=O) groups excluding carboxylic acids is 1. The third-order valence-corrected chi connectivity index (χ3v) is 2.80. The van der Waals surface area contributed by atoms with E-state index in [1.54, 1.807) is 42.5 Å². The SMILES string of the molecule is Cc1ccc(N)cc1C(=O)Nc1ccccc1C#N. The van der Waals surface area contributed by atoms with Crippen LogP contribution in [0.1, 0.15) is 21.5 Å². The standard InChI is InChI=1S/C15H13N3O/c1-10-6-7-12(17)8-13(10)15(19)18-14-5-3-2-4-11(14)9-16/h2-8H,17H2,1H3,(H,18,19). The van der Waals surface area contributed by atoms with E-state index in [-0.39, 0.29) is 5.91 Å². The molecule has 2 rings (SSSR count). The average Bonchev–Trinajstić information content (AvgIpc) is 2.42. The molecular weight excluding hydrogens is 238 g/mol. The van der Waals surface area contributed by atoms with Crippen molar-refractivity contribution in [3.8, 4) is 6.07 Å². The van der Waals surface area contributed by atoms with Gasteiger partial charge in [-0.2, -0.15) is 5.26 Å². The molecule has 0 fully saturated rings. The van der Waals surface area contributed by atoms with Crippen molar-refractivity contribution < 1.29 is 4.79 Å². The first-order valence-corrected chi connectivity index (χ1v) is 5.78. The summed E-state index contributed by atoms with van der Waals surface area (Å²) in [5, 5.41) is 11.7. The van der Waals surface area contributed by atoms with Gasteiger partial charge in [0.05, 0.1) is 11.3 Å². The highest BCUT2D eigenvalue weighted by atomic mass is 16.1. The Morgan fingerprint density at radius 3 is 2.74 bits per heavy atom. The molecule has 0 radical (unpaired) electrons. The number of hydrogen-bond donors (Lipinski definition) is 2. The minimum absolute atomic E-state index is 0.271. The quantitative estimate of drug-likeness (QED) is 0.805. The van der Waals surface area contributed by atoms with Gasteiger partial charge in [0.25, 0.3) is 5.91 Å². The van der Waals surface area contributed by atoms with E-state index in [2.05, 4.69) is 5.32 Å². The number of anilines is 2. The maximum absolute atomic E-state index is 12.2. The van der Waals surface area contributed by atoms with Crippen molar-refractivity contribution >= 4 is 17.3 Å². The lowest BCUT2D eigenvalue weighted by atomic mass is 10.1. The Hall–Kier alpha value is -2.80. The van der Waals surface area contributed by atoms with Crippen LogP contribution in [-0.4, -0.2) is 5.91 Å². The first-order valence-electron chi connectivity index (χ1n) is 5.78. The number of hydrogen-bond acceptors (Lipinski definition) is 3. The van der Waals surface area contributed by atoms with E-state index in [0.29, 0.717) is 22.5 Å². The second-order valence-corrected chi connectivity index (χ2v) is 4.19. The summed E-state index contributed by atoms with van der Waals surface area (Å²) in [5.74, 6) is -0.271. The van der Waals surface area contributed by atoms with Gasteiger partial charge in [0.2, 0.25) is 0 Å². The van der Waals surface area contributed by atoms with E-state index in [1.807, 2.05) is 13.0 Å². The lowest BCUT2D eigenvalue weighted by Gasteiger charge is -2.09. The highest BCUT2D eigenvalue weighted by Gasteiger charge is 2.11.